The number of allylic oxidation sites excluding steroid dienone is 3. The number of ether oxygens (including phenoxy) is 6. The van der Waals surface area contributed by atoms with Gasteiger partial charge in [0, 0.05) is 12.8 Å². The highest BCUT2D eigenvalue weighted by molar-refractivity contribution is 5.70. The molecule has 0 aliphatic carbocycles. The first kappa shape index (κ1) is 60.1. The molecule has 0 aromatic carbocycles. The molecule has 7 N–H and O–H groups in total. The molecule has 2 fully saturated rings. The number of carbonyl (C=O) groups is 2. The third-order valence-electron chi connectivity index (χ3n) is 12.5. The molecular formula is C51H92O15. The Hall–Kier alpha value is -2.02. The Morgan fingerprint density at radius 2 is 0.939 bits per heavy atom. The Morgan fingerprint density at radius 3 is 1.44 bits per heavy atom. The lowest BCUT2D eigenvalue weighted by molar-refractivity contribution is -0.332. The number of esters is 2. The molecule has 0 bridgehead atoms. The summed E-state index contributed by atoms with van der Waals surface area (Å²) in [5, 5.41) is 72.1. The second-order valence-electron chi connectivity index (χ2n) is 18.4. The van der Waals surface area contributed by atoms with E-state index in [1.807, 2.05) is 6.08 Å². The van der Waals surface area contributed by atoms with Crippen molar-refractivity contribution in [2.75, 3.05) is 26.4 Å². The van der Waals surface area contributed by atoms with Crippen molar-refractivity contribution in [1.29, 1.82) is 0 Å². The van der Waals surface area contributed by atoms with Crippen molar-refractivity contribution in [3.05, 3.63) is 24.8 Å². The van der Waals surface area contributed by atoms with Crippen LogP contribution in [0, 0.1) is 0 Å². The monoisotopic (exact) mass is 945 g/mol. The number of aliphatic hydroxyl groups excluding tert-OH is 7. The predicted molar refractivity (Wildman–Crippen MR) is 252 cm³/mol. The van der Waals surface area contributed by atoms with Crippen LogP contribution in [0.1, 0.15) is 193 Å². The molecule has 0 radical (unpaired) electrons. The third kappa shape index (κ3) is 26.7. The zero-order valence-electron chi connectivity index (χ0n) is 40.5. The summed E-state index contributed by atoms with van der Waals surface area (Å²) in [7, 11) is 0. The van der Waals surface area contributed by atoms with E-state index in [1.165, 1.54) is 103 Å². The highest BCUT2D eigenvalue weighted by Crippen LogP contribution is 2.26. The lowest BCUT2D eigenvalue weighted by Crippen LogP contribution is -2.61. The standard InChI is InChI=1S/C51H92O15/c1-3-5-7-9-11-13-15-17-19-21-23-25-27-29-31-33-42(53)61-36-39(64-43(54)34-32-30-28-26-24-22-20-18-16-14-12-10-8-6-4-2)37-62-50-49(60)47(58)45(56)41(66-50)38-63-51-48(59)46(57)44(55)40(35-52)65-51/h3,14,16,39-41,44-52,55-60H,1,4-13,15,17-38H2,2H3/b16-14+/t39-,40-,41-,44+,45+,46?,47?,48?,49?,50-,51-/m1/s1. The number of unbranched alkanes of at least 4 members (excludes halogenated alkanes) is 24. The molecule has 4 unspecified atom stereocenters. The number of hydrogen-bond donors (Lipinski definition) is 7. The number of carbonyl (C=O) groups excluding carboxylic acids is 2. The summed E-state index contributed by atoms with van der Waals surface area (Å²) in [5.74, 6) is -0.927. The minimum atomic E-state index is -1.76. The van der Waals surface area contributed by atoms with Crippen molar-refractivity contribution in [3.8, 4) is 0 Å². The SMILES string of the molecule is C=CCCCCCCCCCCCCCCCC(=O)OC[C@H](CO[C@@H]1O[C@H](CO[C@@H]2O[C@H](CO)[C@H](O)C(O)C2O)[C@H](O)C(O)C1O)OC(=O)CCCCCCCCC/C=C/CCCCCC. The van der Waals surface area contributed by atoms with E-state index in [4.69, 9.17) is 28.4 Å². The minimum absolute atomic E-state index is 0.161. The van der Waals surface area contributed by atoms with Gasteiger partial charge < -0.3 is 64.2 Å². The van der Waals surface area contributed by atoms with Gasteiger partial charge in [-0.15, -0.1) is 6.58 Å². The van der Waals surface area contributed by atoms with E-state index in [1.54, 1.807) is 0 Å². The number of aliphatic hydroxyl groups is 7. The van der Waals surface area contributed by atoms with E-state index in [-0.39, 0.29) is 26.1 Å². The van der Waals surface area contributed by atoms with E-state index >= 15 is 0 Å². The zero-order valence-corrected chi connectivity index (χ0v) is 40.5. The highest BCUT2D eigenvalue weighted by atomic mass is 16.7. The van der Waals surface area contributed by atoms with E-state index in [9.17, 15) is 45.3 Å². The molecule has 15 nitrogen and oxygen atoms in total. The van der Waals surface area contributed by atoms with E-state index in [0.29, 0.717) is 12.8 Å². The second kappa shape index (κ2) is 38.8. The van der Waals surface area contributed by atoms with Crippen LogP contribution < -0.4 is 0 Å². The minimum Gasteiger partial charge on any atom is -0.462 e. The van der Waals surface area contributed by atoms with Crippen LogP contribution >= 0.6 is 0 Å². The van der Waals surface area contributed by atoms with Crippen LogP contribution in [0.5, 0.6) is 0 Å². The fourth-order valence-electron chi connectivity index (χ4n) is 8.25. The molecule has 2 rings (SSSR count). The van der Waals surface area contributed by atoms with Gasteiger partial charge in [-0.1, -0.05) is 147 Å². The molecule has 2 aliphatic rings. The van der Waals surface area contributed by atoms with Crippen molar-refractivity contribution in [2.45, 2.75) is 261 Å². The van der Waals surface area contributed by atoms with Gasteiger partial charge >= 0.3 is 11.9 Å². The maximum atomic E-state index is 13.0. The number of rotatable bonds is 41. The average molecular weight is 945 g/mol. The fourth-order valence-corrected chi connectivity index (χ4v) is 8.25. The Labute approximate surface area is 396 Å². The molecular weight excluding hydrogens is 853 g/mol. The van der Waals surface area contributed by atoms with Crippen LogP contribution in [0.25, 0.3) is 0 Å². The molecule has 0 aromatic rings. The van der Waals surface area contributed by atoms with E-state index in [2.05, 4.69) is 25.7 Å². The Kier molecular flexibility index (Phi) is 35.3. The second-order valence-corrected chi connectivity index (χ2v) is 18.4. The average Bonchev–Trinajstić information content (AvgIpc) is 3.31. The summed E-state index contributed by atoms with van der Waals surface area (Å²) in [6.07, 6.45) is 20.9. The van der Waals surface area contributed by atoms with Crippen molar-refractivity contribution < 1.29 is 73.8 Å². The maximum absolute atomic E-state index is 13.0. The van der Waals surface area contributed by atoms with Gasteiger partial charge in [0.25, 0.3) is 0 Å². The molecule has 2 heterocycles. The molecule has 0 saturated carbocycles. The van der Waals surface area contributed by atoms with Crippen LogP contribution in [0.2, 0.25) is 0 Å². The summed E-state index contributed by atoms with van der Waals surface area (Å²) in [6.45, 7) is 4.12. The first-order chi connectivity index (χ1) is 32.0. The lowest BCUT2D eigenvalue weighted by Gasteiger charge is -2.42. The molecule has 0 amide bonds. The Bertz CT molecular complexity index is 1240. The van der Waals surface area contributed by atoms with E-state index in [0.717, 1.165) is 57.8 Å². The van der Waals surface area contributed by atoms with E-state index < -0.39 is 92.7 Å². The third-order valence-corrected chi connectivity index (χ3v) is 12.5. The largest absolute Gasteiger partial charge is 0.462 e. The Balaban J connectivity index is 1.80. The fraction of sp³-hybridized carbons (Fsp3) is 0.882. The highest BCUT2D eigenvalue weighted by Gasteiger charge is 2.47. The first-order valence-corrected chi connectivity index (χ1v) is 25.9. The summed E-state index contributed by atoms with van der Waals surface area (Å²) in [5.41, 5.74) is 0. The van der Waals surface area contributed by atoms with Crippen LogP contribution in [-0.2, 0) is 38.0 Å². The lowest BCUT2D eigenvalue weighted by atomic mass is 9.98. The summed E-state index contributed by atoms with van der Waals surface area (Å²) < 4.78 is 33.6. The number of hydrogen-bond acceptors (Lipinski definition) is 15. The van der Waals surface area contributed by atoms with Crippen LogP contribution in [0.15, 0.2) is 24.8 Å². The predicted octanol–water partition coefficient (Wildman–Crippen LogP) is 7.16. The smallest absolute Gasteiger partial charge is 0.306 e. The molecule has 0 spiro atoms. The van der Waals surface area contributed by atoms with Gasteiger partial charge in [-0.2, -0.15) is 0 Å². The van der Waals surface area contributed by atoms with Crippen molar-refractivity contribution in [2.24, 2.45) is 0 Å². The van der Waals surface area contributed by atoms with Crippen molar-refractivity contribution in [1.82, 2.24) is 0 Å². The quantitative estimate of drug-likeness (QED) is 0.0183. The molecule has 2 aliphatic heterocycles. The van der Waals surface area contributed by atoms with Gasteiger partial charge in [-0.25, -0.2) is 0 Å². The summed E-state index contributed by atoms with van der Waals surface area (Å²) in [4.78, 5) is 25.8. The first-order valence-electron chi connectivity index (χ1n) is 25.9. The molecule has 2 saturated heterocycles. The Morgan fingerprint density at radius 1 is 0.515 bits per heavy atom. The van der Waals surface area contributed by atoms with Crippen molar-refractivity contribution >= 4 is 11.9 Å². The molecule has 0 aromatic heterocycles. The van der Waals surface area contributed by atoms with Crippen molar-refractivity contribution in [3.63, 3.8) is 0 Å². The normalized spacial score (nSPS) is 26.1. The summed E-state index contributed by atoms with van der Waals surface area (Å²) in [6, 6.07) is 0. The maximum Gasteiger partial charge on any atom is 0.306 e. The van der Waals surface area contributed by atoms with Crippen LogP contribution in [0.4, 0.5) is 0 Å². The van der Waals surface area contributed by atoms with Gasteiger partial charge in [-0.3, -0.25) is 9.59 Å². The van der Waals surface area contributed by atoms with Gasteiger partial charge in [0.05, 0.1) is 19.8 Å². The zero-order chi connectivity index (χ0) is 48.2. The summed E-state index contributed by atoms with van der Waals surface area (Å²) >= 11 is 0. The van der Waals surface area contributed by atoms with Gasteiger partial charge in [0.1, 0.15) is 55.4 Å². The van der Waals surface area contributed by atoms with Crippen LogP contribution in [0.3, 0.4) is 0 Å². The van der Waals surface area contributed by atoms with Crippen LogP contribution in [-0.4, -0.2) is 142 Å². The van der Waals surface area contributed by atoms with Gasteiger partial charge in [-0.05, 0) is 51.4 Å². The van der Waals surface area contributed by atoms with Gasteiger partial charge in [0.2, 0.25) is 0 Å². The topological polar surface area (TPSA) is 231 Å². The molecule has 66 heavy (non-hydrogen) atoms. The molecule has 15 heteroatoms. The molecule has 386 valence electrons. The molecule has 11 atom stereocenters. The van der Waals surface area contributed by atoms with Gasteiger partial charge in [0.15, 0.2) is 18.7 Å².